The van der Waals surface area contributed by atoms with E-state index in [4.69, 9.17) is 0 Å². The molecule has 0 atom stereocenters. The van der Waals surface area contributed by atoms with E-state index in [1.165, 1.54) is 6.20 Å². The van der Waals surface area contributed by atoms with Gasteiger partial charge in [-0.2, -0.15) is 11.8 Å². The molecule has 0 spiro atoms. The lowest BCUT2D eigenvalue weighted by Crippen LogP contribution is -2.24. The van der Waals surface area contributed by atoms with E-state index >= 15 is 0 Å². The van der Waals surface area contributed by atoms with Gasteiger partial charge >= 0.3 is 5.69 Å². The average Bonchev–Trinajstić information content (AvgIpc) is 2.09. The van der Waals surface area contributed by atoms with Crippen molar-refractivity contribution in [3.63, 3.8) is 0 Å². The molecule has 0 aliphatic heterocycles. The molecular weight excluding hydrogens is 188 g/mol. The quantitative estimate of drug-likeness (QED) is 0.546. The molecule has 1 aromatic heterocycles. The van der Waals surface area contributed by atoms with Crippen LogP contribution in [0.2, 0.25) is 0 Å². The lowest BCUT2D eigenvalue weighted by molar-refractivity contribution is 1.00. The molecule has 0 aromatic carbocycles. The number of hydrogen-bond donors (Lipinski definition) is 2. The molecule has 1 aromatic rings. The summed E-state index contributed by atoms with van der Waals surface area (Å²) in [5, 5.41) is 0. The van der Waals surface area contributed by atoms with Gasteiger partial charge in [-0.25, -0.2) is 4.79 Å². The molecule has 0 bridgehead atoms. The fraction of sp³-hybridized carbons (Fsp3) is 0.250. The van der Waals surface area contributed by atoms with Gasteiger partial charge in [0.05, 0.1) is 0 Å². The molecule has 70 valence electrons. The first-order valence-corrected chi connectivity index (χ1v) is 4.89. The molecule has 0 fully saturated rings. The smallest absolute Gasteiger partial charge is 0.314 e. The molecule has 1 heterocycles. The van der Waals surface area contributed by atoms with Crippen molar-refractivity contribution in [1.82, 2.24) is 9.97 Å². The van der Waals surface area contributed by atoms with E-state index in [1.54, 1.807) is 17.8 Å². The van der Waals surface area contributed by atoms with Crippen molar-refractivity contribution in [3.8, 4) is 0 Å². The first-order chi connectivity index (χ1) is 6.24. The molecule has 2 N–H and O–H groups in total. The number of aromatic amines is 2. The van der Waals surface area contributed by atoms with Crippen LogP contribution in [-0.2, 0) is 5.75 Å². The number of aromatic nitrogens is 2. The van der Waals surface area contributed by atoms with E-state index in [1.807, 2.05) is 0 Å². The Morgan fingerprint density at radius 3 is 2.92 bits per heavy atom. The van der Waals surface area contributed by atoms with Gasteiger partial charge in [0.15, 0.2) is 0 Å². The van der Waals surface area contributed by atoms with Crippen molar-refractivity contribution in [2.24, 2.45) is 0 Å². The Morgan fingerprint density at radius 2 is 2.31 bits per heavy atom. The molecule has 0 saturated heterocycles. The average molecular weight is 198 g/mol. The Hall–Kier alpha value is -1.23. The standard InChI is InChI=1S/C8H10N2O2S/c1-2-3-13-5-6-4-9-8(12)10-7(6)11/h2,4H,1,3,5H2,(H2,9,10,11,12). The zero-order chi connectivity index (χ0) is 9.68. The highest BCUT2D eigenvalue weighted by atomic mass is 32.2. The second-order valence-corrected chi connectivity index (χ2v) is 3.43. The highest BCUT2D eigenvalue weighted by molar-refractivity contribution is 7.98. The summed E-state index contributed by atoms with van der Waals surface area (Å²) >= 11 is 1.57. The first-order valence-electron chi connectivity index (χ1n) is 3.73. The Kier molecular flexibility index (Phi) is 3.57. The van der Waals surface area contributed by atoms with E-state index in [9.17, 15) is 9.59 Å². The van der Waals surface area contributed by atoms with Crippen molar-refractivity contribution in [3.05, 3.63) is 45.3 Å². The van der Waals surface area contributed by atoms with Crippen LogP contribution in [0.25, 0.3) is 0 Å². The largest absolute Gasteiger partial charge is 0.325 e. The minimum Gasteiger partial charge on any atom is -0.314 e. The van der Waals surface area contributed by atoms with Crippen LogP contribution in [-0.4, -0.2) is 15.7 Å². The molecule has 13 heavy (non-hydrogen) atoms. The molecule has 0 aliphatic carbocycles. The van der Waals surface area contributed by atoms with Gasteiger partial charge in [0.25, 0.3) is 5.56 Å². The molecular formula is C8H10N2O2S. The van der Waals surface area contributed by atoms with E-state index in [0.29, 0.717) is 11.3 Å². The summed E-state index contributed by atoms with van der Waals surface area (Å²) in [5.41, 5.74) is -0.214. The molecule has 4 nitrogen and oxygen atoms in total. The van der Waals surface area contributed by atoms with E-state index in [2.05, 4.69) is 16.5 Å². The van der Waals surface area contributed by atoms with Crippen LogP contribution in [0.15, 0.2) is 28.4 Å². The van der Waals surface area contributed by atoms with Crippen molar-refractivity contribution >= 4 is 11.8 Å². The normalized spacial score (nSPS) is 9.85. The third-order valence-corrected chi connectivity index (χ3v) is 2.38. The second kappa shape index (κ2) is 4.71. The van der Waals surface area contributed by atoms with Gasteiger partial charge in [-0.15, -0.1) is 6.58 Å². The Bertz CT molecular complexity index is 394. The minimum absolute atomic E-state index is 0.319. The third kappa shape index (κ3) is 2.95. The summed E-state index contributed by atoms with van der Waals surface area (Å²) in [6.07, 6.45) is 3.21. The molecule has 1 rings (SSSR count). The summed E-state index contributed by atoms with van der Waals surface area (Å²) in [7, 11) is 0. The zero-order valence-corrected chi connectivity index (χ0v) is 7.82. The molecule has 5 heteroatoms. The molecule has 0 radical (unpaired) electrons. The maximum Gasteiger partial charge on any atom is 0.325 e. The number of H-pyrrole nitrogens is 2. The van der Waals surface area contributed by atoms with Gasteiger partial charge in [0.1, 0.15) is 0 Å². The van der Waals surface area contributed by atoms with Gasteiger partial charge in [0.2, 0.25) is 0 Å². The monoisotopic (exact) mass is 198 g/mol. The summed E-state index contributed by atoms with van der Waals surface area (Å²) in [5.74, 6) is 1.37. The van der Waals surface area contributed by atoms with Crippen molar-refractivity contribution in [1.29, 1.82) is 0 Å². The predicted octanol–water partition coefficient (Wildman–Crippen LogP) is 0.482. The van der Waals surface area contributed by atoms with Crippen LogP contribution in [0.5, 0.6) is 0 Å². The summed E-state index contributed by atoms with van der Waals surface area (Å²) in [6.45, 7) is 3.56. The first kappa shape index (κ1) is 9.85. The number of hydrogen-bond acceptors (Lipinski definition) is 3. The maximum atomic E-state index is 11.1. The van der Waals surface area contributed by atoms with Gasteiger partial charge in [-0.1, -0.05) is 6.08 Å². The van der Waals surface area contributed by atoms with Gasteiger partial charge in [-0.05, 0) is 0 Å². The highest BCUT2D eigenvalue weighted by Gasteiger charge is 1.98. The molecule has 0 aliphatic rings. The van der Waals surface area contributed by atoms with Crippen LogP contribution in [0.4, 0.5) is 0 Å². The minimum atomic E-state index is -0.470. The van der Waals surface area contributed by atoms with Crippen LogP contribution in [0, 0.1) is 0 Å². The summed E-state index contributed by atoms with van der Waals surface area (Å²) in [4.78, 5) is 26.3. The lowest BCUT2D eigenvalue weighted by Gasteiger charge is -1.96. The number of rotatable bonds is 4. The van der Waals surface area contributed by atoms with Crippen molar-refractivity contribution < 1.29 is 0 Å². The van der Waals surface area contributed by atoms with E-state index < -0.39 is 5.69 Å². The van der Waals surface area contributed by atoms with Gasteiger partial charge in [0, 0.05) is 23.3 Å². The molecule has 0 amide bonds. The van der Waals surface area contributed by atoms with E-state index in [0.717, 1.165) is 5.75 Å². The SMILES string of the molecule is C=CCSCc1c[nH]c(=O)[nH]c1=O. The van der Waals surface area contributed by atoms with Crippen LogP contribution < -0.4 is 11.2 Å². The Labute approximate surface area is 79.1 Å². The maximum absolute atomic E-state index is 11.1. The number of nitrogens with one attached hydrogen (secondary N) is 2. The van der Waals surface area contributed by atoms with E-state index in [-0.39, 0.29) is 5.56 Å². The molecule has 0 saturated carbocycles. The third-order valence-electron chi connectivity index (χ3n) is 1.39. The van der Waals surface area contributed by atoms with Crippen LogP contribution in [0.3, 0.4) is 0 Å². The van der Waals surface area contributed by atoms with Crippen LogP contribution in [0.1, 0.15) is 5.56 Å². The summed E-state index contributed by atoms with van der Waals surface area (Å²) in [6, 6.07) is 0. The van der Waals surface area contributed by atoms with Crippen LogP contribution >= 0.6 is 11.8 Å². The predicted molar refractivity (Wildman–Crippen MR) is 54.0 cm³/mol. The topological polar surface area (TPSA) is 65.7 Å². The Morgan fingerprint density at radius 1 is 1.54 bits per heavy atom. The van der Waals surface area contributed by atoms with Crippen molar-refractivity contribution in [2.75, 3.05) is 5.75 Å². The summed E-state index contributed by atoms with van der Waals surface area (Å²) < 4.78 is 0. The van der Waals surface area contributed by atoms with Gasteiger partial charge < -0.3 is 4.98 Å². The van der Waals surface area contributed by atoms with Crippen molar-refractivity contribution in [2.45, 2.75) is 5.75 Å². The number of thioether (sulfide) groups is 1. The molecule has 0 unspecified atom stereocenters. The highest BCUT2D eigenvalue weighted by Crippen LogP contribution is 2.06. The zero-order valence-electron chi connectivity index (χ0n) is 7.00. The lowest BCUT2D eigenvalue weighted by atomic mass is 10.4. The fourth-order valence-corrected chi connectivity index (χ4v) is 1.52. The fourth-order valence-electron chi connectivity index (χ4n) is 0.797. The Balaban J connectivity index is 2.72. The van der Waals surface area contributed by atoms with Gasteiger partial charge in [-0.3, -0.25) is 9.78 Å². The second-order valence-electron chi connectivity index (χ2n) is 2.40.